The van der Waals surface area contributed by atoms with E-state index in [9.17, 15) is 9.59 Å². The van der Waals surface area contributed by atoms with Gasteiger partial charge in [-0.1, -0.05) is 11.6 Å². The lowest BCUT2D eigenvalue weighted by molar-refractivity contribution is 0.00483. The summed E-state index contributed by atoms with van der Waals surface area (Å²) in [5, 5.41) is -0.0849. The van der Waals surface area contributed by atoms with Crippen molar-refractivity contribution in [1.29, 1.82) is 0 Å². The molecule has 2 atom stereocenters. The highest BCUT2D eigenvalue weighted by Crippen LogP contribution is 2.37. The molecule has 1 saturated heterocycles. The van der Waals surface area contributed by atoms with Gasteiger partial charge in [-0.2, -0.15) is 0 Å². The van der Waals surface area contributed by atoms with E-state index in [4.69, 9.17) is 21.1 Å². The molecule has 37 heavy (non-hydrogen) atoms. The predicted molar refractivity (Wildman–Crippen MR) is 134 cm³/mol. The second-order valence-corrected chi connectivity index (χ2v) is 9.37. The molecule has 1 fully saturated rings. The molecule has 3 aromatic heterocycles. The Morgan fingerprint density at radius 3 is 2.51 bits per heavy atom. The zero-order chi connectivity index (χ0) is 26.4. The van der Waals surface area contributed by atoms with E-state index in [2.05, 4.69) is 9.97 Å². The van der Waals surface area contributed by atoms with E-state index in [1.807, 2.05) is 6.07 Å². The van der Waals surface area contributed by atoms with E-state index >= 15 is 8.78 Å². The van der Waals surface area contributed by atoms with Crippen LogP contribution in [-0.4, -0.2) is 32.8 Å². The fourth-order valence-corrected chi connectivity index (χ4v) is 4.91. The van der Waals surface area contributed by atoms with Crippen LogP contribution in [0.25, 0.3) is 16.7 Å². The van der Waals surface area contributed by atoms with Crippen LogP contribution in [0.2, 0.25) is 5.02 Å². The van der Waals surface area contributed by atoms with E-state index in [0.29, 0.717) is 25.3 Å². The maximum atomic E-state index is 15.1. The molecule has 0 saturated carbocycles. The Balaban J connectivity index is 1.71. The molecule has 1 aromatic carbocycles. The number of benzene rings is 1. The van der Waals surface area contributed by atoms with Crippen molar-refractivity contribution in [3.05, 3.63) is 90.8 Å². The second kappa shape index (κ2) is 9.68. The Labute approximate surface area is 215 Å². The number of pyridine rings is 2. The summed E-state index contributed by atoms with van der Waals surface area (Å²) in [6, 6.07) is 6.88. The van der Waals surface area contributed by atoms with E-state index in [-0.39, 0.29) is 39.5 Å². The summed E-state index contributed by atoms with van der Waals surface area (Å²) >= 11 is 5.82. The summed E-state index contributed by atoms with van der Waals surface area (Å²) in [5.41, 5.74) is -0.809. The SMILES string of the molecule is COc1ccc([C@H]2C[C@@H](c3cc4c(=O)n(C)c(C)nc4n(-c4c(F)cc(Cl)cc4F)c3=O)CCO2)cn1. The molecule has 4 aromatic rings. The van der Waals surface area contributed by atoms with Crippen molar-refractivity contribution in [3.8, 4) is 11.6 Å². The van der Waals surface area contributed by atoms with Crippen LogP contribution in [0.5, 0.6) is 5.88 Å². The lowest BCUT2D eigenvalue weighted by Crippen LogP contribution is -2.32. The summed E-state index contributed by atoms with van der Waals surface area (Å²) in [6.07, 6.45) is 2.15. The third-order valence-electron chi connectivity index (χ3n) is 6.76. The number of aryl methyl sites for hydroxylation is 1. The van der Waals surface area contributed by atoms with Crippen LogP contribution in [0.4, 0.5) is 8.78 Å². The van der Waals surface area contributed by atoms with Gasteiger partial charge in [-0.3, -0.25) is 18.7 Å². The normalized spacial score (nSPS) is 17.8. The molecule has 0 bridgehead atoms. The van der Waals surface area contributed by atoms with Crippen LogP contribution < -0.4 is 15.9 Å². The summed E-state index contributed by atoms with van der Waals surface area (Å²) in [5.74, 6) is -1.70. The number of rotatable bonds is 4. The number of fused-ring (bicyclic) bond motifs is 1. The van der Waals surface area contributed by atoms with Gasteiger partial charge < -0.3 is 9.47 Å². The van der Waals surface area contributed by atoms with Gasteiger partial charge in [-0.05, 0) is 55.5 Å². The average molecular weight is 529 g/mol. The minimum Gasteiger partial charge on any atom is -0.481 e. The Morgan fingerprint density at radius 2 is 1.86 bits per heavy atom. The van der Waals surface area contributed by atoms with Crippen LogP contribution in [0.15, 0.2) is 46.1 Å². The van der Waals surface area contributed by atoms with Gasteiger partial charge >= 0.3 is 0 Å². The Bertz CT molecular complexity index is 1610. The van der Waals surface area contributed by atoms with Gasteiger partial charge in [0, 0.05) is 36.5 Å². The first-order valence-electron chi connectivity index (χ1n) is 11.6. The number of ether oxygens (including phenoxy) is 2. The van der Waals surface area contributed by atoms with Crippen molar-refractivity contribution in [1.82, 2.24) is 19.1 Å². The second-order valence-electron chi connectivity index (χ2n) is 8.93. The Kier molecular flexibility index (Phi) is 6.55. The Morgan fingerprint density at radius 1 is 1.14 bits per heavy atom. The summed E-state index contributed by atoms with van der Waals surface area (Å²) in [4.78, 5) is 35.7. The maximum Gasteiger partial charge on any atom is 0.262 e. The van der Waals surface area contributed by atoms with Gasteiger partial charge in [-0.25, -0.2) is 18.7 Å². The van der Waals surface area contributed by atoms with E-state index in [1.54, 1.807) is 26.2 Å². The standard InChI is InChI=1S/C26H23ClF2N4O4/c1-13-31-24-18(25(34)32(13)2)11-17(26(35)33(24)23-19(28)9-16(27)10-20(23)29)14-6-7-37-21(8-14)15-4-5-22(36-3)30-12-15/h4-5,9-12,14,21H,6-8H2,1-3H3/t14-,21+/m0/s1. The molecule has 0 unspecified atom stereocenters. The van der Waals surface area contributed by atoms with Gasteiger partial charge in [0.25, 0.3) is 11.1 Å². The van der Waals surface area contributed by atoms with Crippen LogP contribution in [0.3, 0.4) is 0 Å². The molecule has 0 radical (unpaired) electrons. The molecule has 1 aliphatic heterocycles. The first kappa shape index (κ1) is 25.0. The molecule has 0 aliphatic carbocycles. The fraction of sp³-hybridized carbons (Fsp3) is 0.308. The van der Waals surface area contributed by atoms with Crippen LogP contribution in [0, 0.1) is 18.6 Å². The minimum absolute atomic E-state index is 0.0746. The molecule has 0 amide bonds. The number of nitrogens with zero attached hydrogens (tertiary/aromatic N) is 4. The highest BCUT2D eigenvalue weighted by molar-refractivity contribution is 6.30. The molecule has 8 nitrogen and oxygen atoms in total. The number of methoxy groups -OCH3 is 1. The van der Waals surface area contributed by atoms with Crippen LogP contribution in [0.1, 0.15) is 41.8 Å². The zero-order valence-electron chi connectivity index (χ0n) is 20.3. The maximum absolute atomic E-state index is 15.1. The molecular formula is C26H23ClF2N4O4. The van der Waals surface area contributed by atoms with Gasteiger partial charge in [-0.15, -0.1) is 0 Å². The first-order valence-corrected chi connectivity index (χ1v) is 12.0. The van der Waals surface area contributed by atoms with Gasteiger partial charge in [0.1, 0.15) is 11.5 Å². The molecule has 4 heterocycles. The third kappa shape index (κ3) is 4.40. The topological polar surface area (TPSA) is 88.2 Å². The van der Waals surface area contributed by atoms with Crippen molar-refractivity contribution in [3.63, 3.8) is 0 Å². The van der Waals surface area contributed by atoms with Crippen molar-refractivity contribution >= 4 is 22.6 Å². The van der Waals surface area contributed by atoms with Gasteiger partial charge in [0.2, 0.25) is 5.88 Å². The highest BCUT2D eigenvalue weighted by Gasteiger charge is 2.30. The van der Waals surface area contributed by atoms with Crippen molar-refractivity contribution in [2.75, 3.05) is 13.7 Å². The zero-order valence-corrected chi connectivity index (χ0v) is 21.1. The van der Waals surface area contributed by atoms with Gasteiger partial charge in [0.05, 0.1) is 18.6 Å². The lowest BCUT2D eigenvalue weighted by Gasteiger charge is -2.30. The third-order valence-corrected chi connectivity index (χ3v) is 6.98. The molecule has 5 rings (SSSR count). The largest absolute Gasteiger partial charge is 0.481 e. The molecule has 0 spiro atoms. The van der Waals surface area contributed by atoms with E-state index in [0.717, 1.165) is 22.3 Å². The average Bonchev–Trinajstić information content (AvgIpc) is 2.88. The van der Waals surface area contributed by atoms with E-state index in [1.165, 1.54) is 17.7 Å². The van der Waals surface area contributed by atoms with Crippen molar-refractivity contribution in [2.45, 2.75) is 31.8 Å². The number of aromatic nitrogens is 4. The van der Waals surface area contributed by atoms with E-state index < -0.39 is 28.4 Å². The highest BCUT2D eigenvalue weighted by atomic mass is 35.5. The van der Waals surface area contributed by atoms with Crippen molar-refractivity contribution in [2.24, 2.45) is 7.05 Å². The number of hydrogen-bond acceptors (Lipinski definition) is 6. The lowest BCUT2D eigenvalue weighted by atomic mass is 9.87. The quantitative estimate of drug-likeness (QED) is 0.391. The molecule has 11 heteroatoms. The van der Waals surface area contributed by atoms with Crippen LogP contribution in [-0.2, 0) is 11.8 Å². The van der Waals surface area contributed by atoms with Crippen LogP contribution >= 0.6 is 11.6 Å². The number of hydrogen-bond donors (Lipinski definition) is 0. The monoisotopic (exact) mass is 528 g/mol. The van der Waals surface area contributed by atoms with Crippen molar-refractivity contribution < 1.29 is 18.3 Å². The van der Waals surface area contributed by atoms with Gasteiger partial charge in [0.15, 0.2) is 17.3 Å². The molecule has 192 valence electrons. The fourth-order valence-electron chi connectivity index (χ4n) is 4.71. The minimum atomic E-state index is -1.04. The first-order chi connectivity index (χ1) is 17.7. The summed E-state index contributed by atoms with van der Waals surface area (Å²) in [6.45, 7) is 1.91. The Hall–Kier alpha value is -3.63. The number of halogens is 3. The predicted octanol–water partition coefficient (Wildman–Crippen LogP) is 4.36. The smallest absolute Gasteiger partial charge is 0.262 e. The molecular weight excluding hydrogens is 506 g/mol. The molecule has 0 N–H and O–H groups in total. The summed E-state index contributed by atoms with van der Waals surface area (Å²) in [7, 11) is 3.07. The molecule has 1 aliphatic rings. The summed E-state index contributed by atoms with van der Waals surface area (Å²) < 4.78 is 43.4.